The third-order valence-electron chi connectivity index (χ3n) is 2.47. The van der Waals surface area contributed by atoms with Crippen LogP contribution in [-0.4, -0.2) is 31.5 Å². The van der Waals surface area contributed by atoms with Crippen molar-refractivity contribution in [3.8, 4) is 0 Å². The van der Waals surface area contributed by atoms with E-state index in [1.807, 2.05) is 0 Å². The van der Waals surface area contributed by atoms with E-state index in [2.05, 4.69) is 4.74 Å². The van der Waals surface area contributed by atoms with E-state index in [1.54, 1.807) is 11.4 Å². The Morgan fingerprint density at radius 3 is 2.47 bits per heavy atom. The van der Waals surface area contributed by atoms with Gasteiger partial charge in [0.05, 0.1) is 7.11 Å². The van der Waals surface area contributed by atoms with Crippen molar-refractivity contribution in [2.45, 2.75) is 12.0 Å². The first-order valence-electron chi connectivity index (χ1n) is 5.43. The molecule has 1 aromatic carbocycles. The molecule has 3 N–H and O–H groups in total. The monoisotopic (exact) mass is 272 g/mol. The highest BCUT2D eigenvalue weighted by atomic mass is 19.3. The molecule has 0 saturated carbocycles. The molecule has 0 aliphatic heterocycles. The van der Waals surface area contributed by atoms with Crippen LogP contribution in [0.1, 0.15) is 11.6 Å². The van der Waals surface area contributed by atoms with Crippen molar-refractivity contribution in [3.05, 3.63) is 35.9 Å². The van der Waals surface area contributed by atoms with E-state index in [0.717, 1.165) is 7.11 Å². The fraction of sp³-hybridized carbons (Fsp3) is 0.333. The summed E-state index contributed by atoms with van der Waals surface area (Å²) >= 11 is 0. The number of halogens is 2. The summed E-state index contributed by atoms with van der Waals surface area (Å²) in [6, 6.07) is 5.73. The van der Waals surface area contributed by atoms with Gasteiger partial charge in [-0.3, -0.25) is 9.59 Å². The Morgan fingerprint density at radius 1 is 1.37 bits per heavy atom. The maximum absolute atomic E-state index is 13.8. The lowest BCUT2D eigenvalue weighted by atomic mass is 10.0. The molecule has 0 aliphatic carbocycles. The number of carbonyl (C=O) groups excluding carboxylic acids is 2. The highest BCUT2D eigenvalue weighted by molar-refractivity contribution is 5.87. The van der Waals surface area contributed by atoms with Crippen molar-refractivity contribution in [2.75, 3.05) is 13.7 Å². The smallest absolute Gasteiger partial charge is 0.343 e. The minimum Gasteiger partial charge on any atom is -0.468 e. The number of nitrogens with two attached hydrogens (primary N) is 1. The van der Waals surface area contributed by atoms with Gasteiger partial charge in [0.25, 0.3) is 5.91 Å². The van der Waals surface area contributed by atoms with Crippen LogP contribution in [-0.2, 0) is 14.3 Å². The zero-order valence-corrected chi connectivity index (χ0v) is 10.2. The average molecular weight is 272 g/mol. The Hall–Kier alpha value is -2.02. The van der Waals surface area contributed by atoms with Crippen LogP contribution in [0.3, 0.4) is 0 Å². The molecule has 7 heteroatoms. The lowest BCUT2D eigenvalue weighted by Crippen LogP contribution is -2.48. The summed E-state index contributed by atoms with van der Waals surface area (Å²) in [6.07, 6.45) is 0. The zero-order chi connectivity index (χ0) is 14.5. The maximum Gasteiger partial charge on any atom is 0.343 e. The third-order valence-corrected chi connectivity index (χ3v) is 2.47. The molecule has 5 nitrogen and oxygen atoms in total. The molecule has 1 unspecified atom stereocenters. The van der Waals surface area contributed by atoms with Crippen LogP contribution in [0.15, 0.2) is 30.3 Å². The number of ether oxygens (including phenoxy) is 1. The fourth-order valence-electron chi connectivity index (χ4n) is 1.35. The number of alkyl halides is 2. The van der Waals surface area contributed by atoms with E-state index in [1.165, 1.54) is 24.3 Å². The number of nitrogens with one attached hydrogen (secondary N) is 1. The summed E-state index contributed by atoms with van der Waals surface area (Å²) in [5.41, 5.74) is 5.51. The van der Waals surface area contributed by atoms with Gasteiger partial charge in [0.2, 0.25) is 0 Å². The molecule has 0 saturated heterocycles. The summed E-state index contributed by atoms with van der Waals surface area (Å²) in [5.74, 6) is -6.26. The Balaban J connectivity index is 2.74. The Morgan fingerprint density at radius 2 is 1.95 bits per heavy atom. The number of esters is 1. The first-order valence-corrected chi connectivity index (χ1v) is 5.43. The number of carbonyl (C=O) groups is 2. The molecule has 0 heterocycles. The molecule has 1 atom stereocenters. The summed E-state index contributed by atoms with van der Waals surface area (Å²) in [4.78, 5) is 22.1. The molecule has 1 aromatic rings. The standard InChI is InChI=1S/C12H14F2N2O3/c1-19-9(17)7-16-11(18)12(13,14)10(15)8-5-3-2-4-6-8/h2-6,10H,7,15H2,1H3,(H,16,18). The number of hydrogen-bond donors (Lipinski definition) is 2. The van der Waals surface area contributed by atoms with Crippen LogP contribution < -0.4 is 11.1 Å². The quantitative estimate of drug-likeness (QED) is 0.769. The van der Waals surface area contributed by atoms with Gasteiger partial charge in [0, 0.05) is 0 Å². The first-order chi connectivity index (χ1) is 8.89. The molecule has 0 radical (unpaired) electrons. The van der Waals surface area contributed by atoms with Crippen molar-refractivity contribution < 1.29 is 23.1 Å². The molecular weight excluding hydrogens is 258 g/mol. The lowest BCUT2D eigenvalue weighted by Gasteiger charge is -2.22. The molecular formula is C12H14F2N2O3. The fourth-order valence-corrected chi connectivity index (χ4v) is 1.35. The van der Waals surface area contributed by atoms with Gasteiger partial charge >= 0.3 is 11.9 Å². The van der Waals surface area contributed by atoms with Crippen LogP contribution >= 0.6 is 0 Å². The van der Waals surface area contributed by atoms with Gasteiger partial charge in [-0.05, 0) is 5.56 Å². The maximum atomic E-state index is 13.8. The van der Waals surface area contributed by atoms with Gasteiger partial charge in [-0.25, -0.2) is 0 Å². The van der Waals surface area contributed by atoms with Crippen molar-refractivity contribution >= 4 is 11.9 Å². The summed E-state index contributed by atoms with van der Waals surface area (Å²) in [7, 11) is 1.09. The van der Waals surface area contributed by atoms with Crippen molar-refractivity contribution in [1.82, 2.24) is 5.32 Å². The number of benzene rings is 1. The average Bonchev–Trinajstić information content (AvgIpc) is 2.44. The van der Waals surface area contributed by atoms with Crippen molar-refractivity contribution in [2.24, 2.45) is 5.73 Å². The van der Waals surface area contributed by atoms with Crippen LogP contribution in [0.5, 0.6) is 0 Å². The first kappa shape index (κ1) is 15.0. The third kappa shape index (κ3) is 3.72. The van der Waals surface area contributed by atoms with Crippen LogP contribution in [0, 0.1) is 0 Å². The van der Waals surface area contributed by atoms with E-state index in [9.17, 15) is 18.4 Å². The van der Waals surface area contributed by atoms with Crippen LogP contribution in [0.4, 0.5) is 8.78 Å². The number of amides is 1. The van der Waals surface area contributed by atoms with Gasteiger partial charge in [-0.1, -0.05) is 30.3 Å². The Labute approximate surface area is 108 Å². The normalized spacial score (nSPS) is 12.6. The minimum absolute atomic E-state index is 0.126. The van der Waals surface area contributed by atoms with Crippen LogP contribution in [0.2, 0.25) is 0 Å². The van der Waals surface area contributed by atoms with E-state index >= 15 is 0 Å². The molecule has 0 aromatic heterocycles. The predicted molar refractivity (Wildman–Crippen MR) is 63.3 cm³/mol. The van der Waals surface area contributed by atoms with Gasteiger partial charge in [-0.2, -0.15) is 8.78 Å². The zero-order valence-electron chi connectivity index (χ0n) is 10.2. The summed E-state index contributed by atoms with van der Waals surface area (Å²) in [5, 5.41) is 1.78. The summed E-state index contributed by atoms with van der Waals surface area (Å²) in [6.45, 7) is -0.633. The largest absolute Gasteiger partial charge is 0.468 e. The molecule has 0 aliphatic rings. The van der Waals surface area contributed by atoms with Gasteiger partial charge in [0.15, 0.2) is 0 Å². The number of hydrogen-bond acceptors (Lipinski definition) is 4. The summed E-state index contributed by atoms with van der Waals surface area (Å²) < 4.78 is 31.8. The van der Waals surface area contributed by atoms with E-state index in [0.29, 0.717) is 0 Å². The van der Waals surface area contributed by atoms with E-state index in [-0.39, 0.29) is 5.56 Å². The minimum atomic E-state index is -3.82. The van der Waals surface area contributed by atoms with E-state index < -0.39 is 30.4 Å². The molecule has 1 amide bonds. The van der Waals surface area contributed by atoms with E-state index in [4.69, 9.17) is 5.73 Å². The van der Waals surface area contributed by atoms with Crippen LogP contribution in [0.25, 0.3) is 0 Å². The SMILES string of the molecule is COC(=O)CNC(=O)C(F)(F)C(N)c1ccccc1. The predicted octanol–water partition coefficient (Wildman–Crippen LogP) is 0.611. The molecule has 0 bridgehead atoms. The second-order valence-electron chi connectivity index (χ2n) is 3.77. The van der Waals surface area contributed by atoms with Crippen molar-refractivity contribution in [1.29, 1.82) is 0 Å². The van der Waals surface area contributed by atoms with Gasteiger partial charge < -0.3 is 15.8 Å². The molecule has 19 heavy (non-hydrogen) atoms. The molecule has 1 rings (SSSR count). The highest BCUT2D eigenvalue weighted by Gasteiger charge is 2.46. The number of rotatable bonds is 5. The Bertz CT molecular complexity index is 452. The molecule has 104 valence electrons. The molecule has 0 spiro atoms. The second-order valence-corrected chi connectivity index (χ2v) is 3.77. The lowest BCUT2D eigenvalue weighted by molar-refractivity contribution is -0.152. The number of methoxy groups -OCH3 is 1. The topological polar surface area (TPSA) is 81.4 Å². The molecule has 0 fully saturated rings. The Kier molecular flexibility index (Phi) is 4.94. The highest BCUT2D eigenvalue weighted by Crippen LogP contribution is 2.29. The second kappa shape index (κ2) is 6.24. The van der Waals surface area contributed by atoms with Gasteiger partial charge in [-0.15, -0.1) is 0 Å². The van der Waals surface area contributed by atoms with Gasteiger partial charge in [0.1, 0.15) is 12.6 Å². The van der Waals surface area contributed by atoms with Crippen molar-refractivity contribution in [3.63, 3.8) is 0 Å².